The van der Waals surface area contributed by atoms with Crippen molar-refractivity contribution in [3.63, 3.8) is 0 Å². The molecule has 4 aliphatic carbocycles. The van der Waals surface area contributed by atoms with E-state index < -0.39 is 0 Å². The molecule has 0 saturated heterocycles. The first-order chi connectivity index (χ1) is 14.2. The van der Waals surface area contributed by atoms with Crippen molar-refractivity contribution in [2.45, 2.75) is 98.0 Å². The van der Waals surface area contributed by atoms with Crippen molar-refractivity contribution in [2.75, 3.05) is 6.54 Å². The molecule has 0 radical (unpaired) electrons. The van der Waals surface area contributed by atoms with Crippen LogP contribution >= 0.6 is 0 Å². The highest BCUT2D eigenvalue weighted by molar-refractivity contribution is 5.87. The molecule has 0 aromatic heterocycles. The van der Waals surface area contributed by atoms with Crippen LogP contribution in [0.1, 0.15) is 91.9 Å². The monoisotopic (exact) mass is 413 g/mol. The Morgan fingerprint density at radius 3 is 2.50 bits per heavy atom. The fourth-order valence-corrected chi connectivity index (χ4v) is 9.32. The Morgan fingerprint density at radius 1 is 1.03 bits per heavy atom. The van der Waals surface area contributed by atoms with Gasteiger partial charge in [0.05, 0.1) is 6.10 Å². The van der Waals surface area contributed by atoms with E-state index in [4.69, 9.17) is 4.99 Å². The Morgan fingerprint density at radius 2 is 1.77 bits per heavy atom. The predicted molar refractivity (Wildman–Crippen MR) is 121 cm³/mol. The first-order valence-corrected chi connectivity index (χ1v) is 13.0. The molecular formula is C27H43NO2. The molecule has 3 nitrogen and oxygen atoms in total. The van der Waals surface area contributed by atoms with Crippen molar-refractivity contribution in [3.05, 3.63) is 0 Å². The molecule has 4 fully saturated rings. The Kier molecular flexibility index (Phi) is 5.24. The number of carbonyl (C=O) groups is 1. The van der Waals surface area contributed by atoms with Gasteiger partial charge in [0.1, 0.15) is 5.78 Å². The maximum absolute atomic E-state index is 13.3. The highest BCUT2D eigenvalue weighted by atomic mass is 16.3. The lowest BCUT2D eigenvalue weighted by atomic mass is 9.44. The Bertz CT molecular complexity index is 730. The molecule has 0 unspecified atom stereocenters. The van der Waals surface area contributed by atoms with Crippen LogP contribution in [0, 0.1) is 52.3 Å². The SMILES string of the molecule is C[C@@H]1CCC([C@H](C)[C@@H]2CC[C@H]3[C@H]4CC(=O)[C@H]5C[C@@H](O)CC[C@]5(C)[C@@H]4CC[C@@]32C)=NC1. The number of aliphatic imine (C=N–C) groups is 1. The molecular weight excluding hydrogens is 370 g/mol. The number of hydrogen-bond acceptors (Lipinski definition) is 3. The molecule has 1 N–H and O–H groups in total. The average Bonchev–Trinajstić information content (AvgIpc) is 3.07. The molecule has 0 bridgehead atoms. The van der Waals surface area contributed by atoms with Gasteiger partial charge in [-0.2, -0.15) is 0 Å². The van der Waals surface area contributed by atoms with Gasteiger partial charge in [-0.1, -0.05) is 27.7 Å². The molecule has 4 saturated carbocycles. The molecule has 168 valence electrons. The van der Waals surface area contributed by atoms with Gasteiger partial charge in [0.15, 0.2) is 0 Å². The van der Waals surface area contributed by atoms with Crippen LogP contribution in [0.25, 0.3) is 0 Å². The van der Waals surface area contributed by atoms with Crippen molar-refractivity contribution >= 4 is 11.5 Å². The smallest absolute Gasteiger partial charge is 0.136 e. The van der Waals surface area contributed by atoms with Crippen LogP contribution in [-0.4, -0.2) is 29.3 Å². The zero-order chi connectivity index (χ0) is 21.3. The third-order valence-corrected chi connectivity index (χ3v) is 11.1. The summed E-state index contributed by atoms with van der Waals surface area (Å²) in [5, 5.41) is 10.2. The van der Waals surface area contributed by atoms with E-state index in [1.54, 1.807) is 0 Å². The molecule has 0 spiro atoms. The number of aliphatic hydroxyl groups is 1. The minimum absolute atomic E-state index is 0.113. The standard InChI is InChI=1S/C27H43NO2/c1-16-5-8-24(28-15-16)17(2)20-6-7-21-19-14-25(30)23-13-18(29)9-11-27(23,4)22(19)10-12-26(20,21)3/h16-23,29H,5-15H2,1-4H3/t16-,17-,18+,19-,20+,21+,22-,23-,26-,27-/m1/s1. The van der Waals surface area contributed by atoms with Crippen LogP contribution in [0.5, 0.6) is 0 Å². The van der Waals surface area contributed by atoms with Gasteiger partial charge >= 0.3 is 0 Å². The van der Waals surface area contributed by atoms with Gasteiger partial charge < -0.3 is 5.11 Å². The van der Waals surface area contributed by atoms with Gasteiger partial charge in [-0.3, -0.25) is 9.79 Å². The van der Waals surface area contributed by atoms with E-state index in [0.717, 1.165) is 44.1 Å². The minimum atomic E-state index is -0.256. The first kappa shape index (κ1) is 21.2. The number of hydrogen-bond donors (Lipinski definition) is 1. The van der Waals surface area contributed by atoms with Gasteiger partial charge in [0, 0.05) is 24.6 Å². The third kappa shape index (κ3) is 3.08. The second-order valence-electron chi connectivity index (χ2n) is 12.5. The van der Waals surface area contributed by atoms with E-state index in [0.29, 0.717) is 34.9 Å². The van der Waals surface area contributed by atoms with E-state index >= 15 is 0 Å². The van der Waals surface area contributed by atoms with E-state index in [9.17, 15) is 9.90 Å². The van der Waals surface area contributed by atoms with E-state index in [-0.39, 0.29) is 17.4 Å². The van der Waals surface area contributed by atoms with Gasteiger partial charge in [-0.15, -0.1) is 0 Å². The summed E-state index contributed by atoms with van der Waals surface area (Å²) in [6.45, 7) is 10.8. The molecule has 5 aliphatic rings. The second-order valence-corrected chi connectivity index (χ2v) is 12.5. The summed E-state index contributed by atoms with van der Waals surface area (Å²) in [7, 11) is 0. The second kappa shape index (κ2) is 7.42. The summed E-state index contributed by atoms with van der Waals surface area (Å²) in [5.41, 5.74) is 2.01. The maximum Gasteiger partial charge on any atom is 0.136 e. The summed E-state index contributed by atoms with van der Waals surface area (Å²) >= 11 is 0. The van der Waals surface area contributed by atoms with E-state index in [2.05, 4.69) is 27.7 Å². The molecule has 3 heteroatoms. The van der Waals surface area contributed by atoms with Gasteiger partial charge in [0.2, 0.25) is 0 Å². The lowest BCUT2D eigenvalue weighted by Gasteiger charge is -2.60. The number of ketones is 1. The summed E-state index contributed by atoms with van der Waals surface area (Å²) in [4.78, 5) is 18.3. The van der Waals surface area contributed by atoms with Crippen LogP contribution in [0.3, 0.4) is 0 Å². The van der Waals surface area contributed by atoms with Crippen LogP contribution in [0.2, 0.25) is 0 Å². The zero-order valence-corrected chi connectivity index (χ0v) is 19.7. The van der Waals surface area contributed by atoms with Crippen LogP contribution in [0.4, 0.5) is 0 Å². The molecule has 30 heavy (non-hydrogen) atoms. The number of aliphatic hydroxyl groups excluding tert-OH is 1. The Labute approximate surface area is 183 Å². The molecule has 0 amide bonds. The zero-order valence-electron chi connectivity index (χ0n) is 19.7. The van der Waals surface area contributed by atoms with E-state index in [1.165, 1.54) is 44.2 Å². The fraction of sp³-hybridized carbons (Fsp3) is 0.926. The van der Waals surface area contributed by atoms with Gasteiger partial charge in [-0.25, -0.2) is 0 Å². The number of rotatable bonds is 2. The topological polar surface area (TPSA) is 49.7 Å². The Hall–Kier alpha value is -0.700. The fourth-order valence-electron chi connectivity index (χ4n) is 9.32. The van der Waals surface area contributed by atoms with Gasteiger partial charge in [0.25, 0.3) is 0 Å². The van der Waals surface area contributed by atoms with Crippen molar-refractivity contribution in [1.82, 2.24) is 0 Å². The molecule has 0 aromatic carbocycles. The quantitative estimate of drug-likeness (QED) is 0.632. The number of nitrogens with zero attached hydrogens (tertiary/aromatic N) is 1. The summed E-state index contributed by atoms with van der Waals surface area (Å²) < 4.78 is 0. The molecule has 10 atom stereocenters. The largest absolute Gasteiger partial charge is 0.393 e. The molecule has 0 aromatic rings. The number of fused-ring (bicyclic) bond motifs is 5. The normalized spacial score (nSPS) is 52.1. The summed E-state index contributed by atoms with van der Waals surface area (Å²) in [6.07, 6.45) is 11.0. The Balaban J connectivity index is 1.39. The van der Waals surface area contributed by atoms with Crippen LogP contribution in [0.15, 0.2) is 4.99 Å². The predicted octanol–water partition coefficient (Wildman–Crippen LogP) is 5.69. The maximum atomic E-state index is 13.3. The third-order valence-electron chi connectivity index (χ3n) is 11.1. The summed E-state index contributed by atoms with van der Waals surface area (Å²) in [6, 6.07) is 0. The molecule has 5 rings (SSSR count). The molecule has 1 aliphatic heterocycles. The average molecular weight is 414 g/mol. The van der Waals surface area contributed by atoms with Crippen molar-refractivity contribution in [1.29, 1.82) is 0 Å². The van der Waals surface area contributed by atoms with Crippen LogP contribution < -0.4 is 0 Å². The van der Waals surface area contributed by atoms with Crippen molar-refractivity contribution in [2.24, 2.45) is 57.2 Å². The molecule has 1 heterocycles. The number of Topliss-reactive ketones (excluding diaryl/α,β-unsaturated/α-hetero) is 1. The summed E-state index contributed by atoms with van der Waals surface area (Å²) in [5.74, 6) is 4.66. The van der Waals surface area contributed by atoms with E-state index in [1.807, 2.05) is 0 Å². The lowest BCUT2D eigenvalue weighted by molar-refractivity contribution is -0.159. The number of carbonyl (C=O) groups excluding carboxylic acids is 1. The van der Waals surface area contributed by atoms with Gasteiger partial charge in [-0.05, 0) is 104 Å². The van der Waals surface area contributed by atoms with Crippen molar-refractivity contribution < 1.29 is 9.90 Å². The van der Waals surface area contributed by atoms with Crippen LogP contribution in [-0.2, 0) is 4.79 Å². The lowest BCUT2D eigenvalue weighted by Crippen LogP contribution is -2.57. The first-order valence-electron chi connectivity index (χ1n) is 13.0. The highest BCUT2D eigenvalue weighted by Crippen LogP contribution is 2.67. The van der Waals surface area contributed by atoms with Crippen molar-refractivity contribution in [3.8, 4) is 0 Å². The minimum Gasteiger partial charge on any atom is -0.393 e. The highest BCUT2D eigenvalue weighted by Gasteiger charge is 2.62.